The minimum Gasteiger partial charge on any atom is -0.383 e. The minimum atomic E-state index is -0.110. The number of nitrogens with zero attached hydrogens (tertiary/aromatic N) is 4. The van der Waals surface area contributed by atoms with Crippen molar-refractivity contribution < 1.29 is 9.53 Å². The number of hydrogen-bond donors (Lipinski definition) is 1. The number of amides is 1. The number of carbonyl (C=O) groups excluding carboxylic acids is 1. The summed E-state index contributed by atoms with van der Waals surface area (Å²) >= 11 is 7.86. The number of hydrogen-bond acceptors (Lipinski definition) is 7. The number of aromatic nitrogens is 2. The molecule has 0 saturated carbocycles. The Kier molecular flexibility index (Phi) is 9.36. The van der Waals surface area contributed by atoms with Crippen LogP contribution in [0, 0.1) is 0 Å². The number of rotatable bonds is 10. The first-order valence-electron chi connectivity index (χ1n) is 11.7. The fourth-order valence-corrected chi connectivity index (χ4v) is 4.93. The van der Waals surface area contributed by atoms with Gasteiger partial charge in [0.15, 0.2) is 5.16 Å². The van der Waals surface area contributed by atoms with Gasteiger partial charge in [-0.25, -0.2) is 9.97 Å². The maximum absolute atomic E-state index is 12.3. The third kappa shape index (κ3) is 7.67. The van der Waals surface area contributed by atoms with E-state index in [0.29, 0.717) is 34.8 Å². The first kappa shape index (κ1) is 25.4. The first-order chi connectivity index (χ1) is 17.1. The zero-order valence-corrected chi connectivity index (χ0v) is 21.4. The van der Waals surface area contributed by atoms with E-state index < -0.39 is 0 Å². The third-order valence-corrected chi connectivity index (χ3v) is 6.87. The highest BCUT2D eigenvalue weighted by atomic mass is 35.5. The molecule has 1 saturated heterocycles. The van der Waals surface area contributed by atoms with E-state index >= 15 is 0 Å². The molecule has 1 fully saturated rings. The molecule has 4 rings (SSSR count). The van der Waals surface area contributed by atoms with Gasteiger partial charge in [-0.3, -0.25) is 9.69 Å². The van der Waals surface area contributed by atoms with E-state index in [9.17, 15) is 4.79 Å². The molecule has 1 amide bonds. The number of methoxy groups -OCH3 is 1. The summed E-state index contributed by atoms with van der Waals surface area (Å²) in [7, 11) is 1.61. The van der Waals surface area contributed by atoms with Gasteiger partial charge in [0.2, 0.25) is 0 Å². The Balaban J connectivity index is 1.33. The Labute approximate surface area is 215 Å². The van der Waals surface area contributed by atoms with Crippen molar-refractivity contribution >= 4 is 35.1 Å². The molecule has 1 aliphatic rings. The van der Waals surface area contributed by atoms with Gasteiger partial charge in [-0.05, 0) is 23.3 Å². The summed E-state index contributed by atoms with van der Waals surface area (Å²) in [6, 6.07) is 20.0. The van der Waals surface area contributed by atoms with Gasteiger partial charge in [-0.1, -0.05) is 65.8 Å². The Bertz CT molecular complexity index is 1110. The van der Waals surface area contributed by atoms with E-state index in [1.54, 1.807) is 7.11 Å². The predicted molar refractivity (Wildman–Crippen MR) is 141 cm³/mol. The second-order valence-corrected chi connectivity index (χ2v) is 9.65. The van der Waals surface area contributed by atoms with Crippen molar-refractivity contribution in [2.75, 3.05) is 51.3 Å². The van der Waals surface area contributed by atoms with Crippen molar-refractivity contribution in [3.8, 4) is 0 Å². The Morgan fingerprint density at radius 1 is 1.03 bits per heavy atom. The standard InChI is InChI=1S/C26H30ClN5O2S/c1-34-15-10-28-25(33)22-9-5-8-21(16-22)19-35-26-29-23(27)17-24(30-26)32-13-11-31(12-14-32)18-20-6-3-2-4-7-20/h2-9,16-17H,10-15,18-19H2,1H3,(H,28,33). The lowest BCUT2D eigenvalue weighted by atomic mass is 10.1. The van der Waals surface area contributed by atoms with Gasteiger partial charge >= 0.3 is 0 Å². The summed E-state index contributed by atoms with van der Waals surface area (Å²) in [6.07, 6.45) is 0. The largest absolute Gasteiger partial charge is 0.383 e. The summed E-state index contributed by atoms with van der Waals surface area (Å²) in [6.45, 7) is 5.65. The SMILES string of the molecule is COCCNC(=O)c1cccc(CSc2nc(Cl)cc(N3CCN(Cc4ccccc4)CC3)n2)c1. The normalized spacial score (nSPS) is 14.2. The van der Waals surface area contributed by atoms with Crippen LogP contribution in [-0.2, 0) is 17.0 Å². The molecule has 0 atom stereocenters. The van der Waals surface area contributed by atoms with E-state index in [1.165, 1.54) is 17.3 Å². The van der Waals surface area contributed by atoms with Gasteiger partial charge in [-0.15, -0.1) is 0 Å². The molecule has 1 aromatic heterocycles. The molecule has 0 aliphatic carbocycles. The zero-order chi connectivity index (χ0) is 24.5. The van der Waals surface area contributed by atoms with Crippen molar-refractivity contribution in [1.82, 2.24) is 20.2 Å². The summed E-state index contributed by atoms with van der Waals surface area (Å²) < 4.78 is 4.98. The molecular formula is C26H30ClN5O2S. The number of halogens is 1. The van der Waals surface area contributed by atoms with Gasteiger partial charge < -0.3 is 15.0 Å². The van der Waals surface area contributed by atoms with Crippen LogP contribution in [0.3, 0.4) is 0 Å². The Morgan fingerprint density at radius 3 is 2.57 bits per heavy atom. The van der Waals surface area contributed by atoms with Crippen LogP contribution in [0.25, 0.3) is 0 Å². The summed E-state index contributed by atoms with van der Waals surface area (Å²) in [4.78, 5) is 26.2. The second kappa shape index (κ2) is 12.9. The number of nitrogens with one attached hydrogen (secondary N) is 1. The molecule has 184 valence electrons. The maximum atomic E-state index is 12.3. The molecule has 2 heterocycles. The molecule has 2 aromatic carbocycles. The summed E-state index contributed by atoms with van der Waals surface area (Å²) in [5.74, 6) is 1.39. The van der Waals surface area contributed by atoms with E-state index in [0.717, 1.165) is 44.1 Å². The van der Waals surface area contributed by atoms with Crippen molar-refractivity contribution in [2.24, 2.45) is 0 Å². The topological polar surface area (TPSA) is 70.6 Å². The van der Waals surface area contributed by atoms with Crippen LogP contribution in [0.1, 0.15) is 21.5 Å². The van der Waals surface area contributed by atoms with Gasteiger partial charge in [-0.2, -0.15) is 0 Å². The Hall–Kier alpha value is -2.65. The minimum absolute atomic E-state index is 0.110. The van der Waals surface area contributed by atoms with Crippen LogP contribution in [0.4, 0.5) is 5.82 Å². The first-order valence-corrected chi connectivity index (χ1v) is 13.0. The molecule has 9 heteroatoms. The lowest BCUT2D eigenvalue weighted by molar-refractivity contribution is 0.0937. The van der Waals surface area contributed by atoms with Crippen LogP contribution in [0.15, 0.2) is 65.8 Å². The number of carbonyl (C=O) groups is 1. The predicted octanol–water partition coefficient (Wildman–Crippen LogP) is 4.12. The van der Waals surface area contributed by atoms with Crippen LogP contribution < -0.4 is 10.2 Å². The fraction of sp³-hybridized carbons (Fsp3) is 0.346. The molecule has 0 unspecified atom stereocenters. The molecule has 35 heavy (non-hydrogen) atoms. The zero-order valence-electron chi connectivity index (χ0n) is 19.8. The average molecular weight is 512 g/mol. The van der Waals surface area contributed by atoms with Crippen LogP contribution in [-0.4, -0.2) is 67.2 Å². The summed E-state index contributed by atoms with van der Waals surface area (Å²) in [5, 5.41) is 3.92. The van der Waals surface area contributed by atoms with Crippen LogP contribution in [0.5, 0.6) is 0 Å². The number of benzene rings is 2. The number of thioether (sulfide) groups is 1. The Morgan fingerprint density at radius 2 is 1.80 bits per heavy atom. The van der Waals surface area contributed by atoms with E-state index in [1.807, 2.05) is 36.4 Å². The maximum Gasteiger partial charge on any atom is 0.251 e. The molecular weight excluding hydrogens is 482 g/mol. The van der Waals surface area contributed by atoms with Crippen molar-refractivity contribution in [3.63, 3.8) is 0 Å². The van der Waals surface area contributed by atoms with E-state index in [4.69, 9.17) is 21.3 Å². The molecule has 0 spiro atoms. The highest BCUT2D eigenvalue weighted by Crippen LogP contribution is 2.26. The quantitative estimate of drug-likeness (QED) is 0.190. The van der Waals surface area contributed by atoms with Crippen LogP contribution in [0.2, 0.25) is 5.15 Å². The number of anilines is 1. The number of ether oxygens (including phenoxy) is 1. The monoisotopic (exact) mass is 511 g/mol. The van der Waals surface area contributed by atoms with Gasteiger partial charge in [0.05, 0.1) is 6.61 Å². The van der Waals surface area contributed by atoms with E-state index in [-0.39, 0.29) is 5.91 Å². The van der Waals surface area contributed by atoms with Gasteiger partial charge in [0.1, 0.15) is 11.0 Å². The molecule has 1 aliphatic heterocycles. The van der Waals surface area contributed by atoms with Gasteiger partial charge in [0.25, 0.3) is 5.91 Å². The third-order valence-electron chi connectivity index (χ3n) is 5.75. The molecule has 1 N–H and O–H groups in total. The molecule has 0 radical (unpaired) electrons. The van der Waals surface area contributed by atoms with Crippen molar-refractivity contribution in [3.05, 3.63) is 82.5 Å². The van der Waals surface area contributed by atoms with E-state index in [2.05, 4.69) is 44.4 Å². The van der Waals surface area contributed by atoms with Crippen LogP contribution >= 0.6 is 23.4 Å². The average Bonchev–Trinajstić information content (AvgIpc) is 2.88. The molecule has 0 bridgehead atoms. The fourth-order valence-electron chi connectivity index (χ4n) is 3.91. The lowest BCUT2D eigenvalue weighted by Crippen LogP contribution is -2.46. The highest BCUT2D eigenvalue weighted by Gasteiger charge is 2.19. The second-order valence-electron chi connectivity index (χ2n) is 8.32. The van der Waals surface area contributed by atoms with Crippen molar-refractivity contribution in [1.29, 1.82) is 0 Å². The van der Waals surface area contributed by atoms with Crippen molar-refractivity contribution in [2.45, 2.75) is 17.5 Å². The highest BCUT2D eigenvalue weighted by molar-refractivity contribution is 7.98. The smallest absolute Gasteiger partial charge is 0.251 e. The molecule has 7 nitrogen and oxygen atoms in total. The summed E-state index contributed by atoms with van der Waals surface area (Å²) in [5.41, 5.74) is 2.98. The number of piperazine rings is 1. The molecule has 3 aromatic rings. The lowest BCUT2D eigenvalue weighted by Gasteiger charge is -2.35. The van der Waals surface area contributed by atoms with Gasteiger partial charge in [0, 0.05) is 63.8 Å².